The molecule has 0 aliphatic rings. The minimum Gasteiger partial charge on any atom is -0.377 e. The van der Waals surface area contributed by atoms with Gasteiger partial charge in [-0.25, -0.2) is 0 Å². The smallest absolute Gasteiger partial charge is 0.220 e. The van der Waals surface area contributed by atoms with E-state index in [4.69, 9.17) is 6.11 Å². The van der Waals surface area contributed by atoms with Crippen molar-refractivity contribution in [1.82, 2.24) is 5.32 Å². The van der Waals surface area contributed by atoms with Gasteiger partial charge in [0.25, 0.3) is 0 Å². The lowest BCUT2D eigenvalue weighted by atomic mass is 10.0. The molecule has 0 bridgehead atoms. The van der Waals surface area contributed by atoms with Crippen LogP contribution in [0.4, 0.5) is 0 Å². The molecule has 0 heterocycles. The molecule has 1 amide bonds. The monoisotopic (exact) mass is 370 g/mol. The Hall–Kier alpha value is -0.570. The van der Waals surface area contributed by atoms with Crippen molar-refractivity contribution < 1.29 is 10.9 Å². The molecule has 2 atom stereocenters. The Morgan fingerprint density at radius 1 is 0.808 bits per heavy atom. The van der Waals surface area contributed by atoms with Crippen molar-refractivity contribution >= 4 is 5.91 Å². The van der Waals surface area contributed by atoms with Gasteiger partial charge in [0.2, 0.25) is 5.91 Å². The third-order valence-electron chi connectivity index (χ3n) is 4.92. The van der Waals surface area contributed by atoms with Crippen molar-refractivity contribution in [2.75, 3.05) is 13.1 Å². The molecule has 1 N–H and O–H groups in total. The van der Waals surface area contributed by atoms with Crippen molar-refractivity contribution in [1.29, 1.82) is 0 Å². The van der Waals surface area contributed by atoms with E-state index in [1.165, 1.54) is 83.5 Å². The molecule has 0 aliphatic heterocycles. The summed E-state index contributed by atoms with van der Waals surface area (Å²) in [5.41, 5.74) is 0. The van der Waals surface area contributed by atoms with Gasteiger partial charge in [0.15, 0.2) is 0 Å². The molecule has 26 heavy (non-hydrogen) atoms. The number of hydrogen-bond donors (Lipinski definition) is 1. The number of nitrogens with one attached hydrogen (secondary N) is 1. The highest BCUT2D eigenvalue weighted by molar-refractivity contribution is 5.75. The Morgan fingerprint density at radius 2 is 1.23 bits per heavy atom. The number of rotatable bonds is 20. The molecule has 0 saturated carbocycles. The molecule has 156 valence electrons. The summed E-state index contributed by atoms with van der Waals surface area (Å²) in [6.45, 7) is 5.92. The van der Waals surface area contributed by atoms with E-state index in [1.54, 1.807) is 0 Å². The van der Waals surface area contributed by atoms with Crippen LogP contribution >= 0.6 is 0 Å². The predicted octanol–water partition coefficient (Wildman–Crippen LogP) is 6.79. The SMILES string of the molecule is [2H]C(NC(=O)CCCCCCCCCCCCCCCCC)C(C)OCC. The fourth-order valence-corrected chi connectivity index (χ4v) is 3.25. The van der Waals surface area contributed by atoms with Crippen molar-refractivity contribution in [3.63, 3.8) is 0 Å². The average Bonchev–Trinajstić information content (AvgIpc) is 2.65. The van der Waals surface area contributed by atoms with Crippen molar-refractivity contribution in [3.05, 3.63) is 0 Å². The molecule has 0 aromatic heterocycles. The molecule has 0 spiro atoms. The highest BCUT2D eigenvalue weighted by Gasteiger charge is 2.04. The quantitative estimate of drug-likeness (QED) is 0.240. The van der Waals surface area contributed by atoms with Gasteiger partial charge in [0.1, 0.15) is 0 Å². The van der Waals surface area contributed by atoms with E-state index in [-0.39, 0.29) is 12.0 Å². The summed E-state index contributed by atoms with van der Waals surface area (Å²) >= 11 is 0. The highest BCUT2D eigenvalue weighted by Crippen LogP contribution is 2.13. The lowest BCUT2D eigenvalue weighted by Gasteiger charge is -2.12. The summed E-state index contributed by atoms with van der Waals surface area (Å²) in [5, 5.41) is 2.72. The fraction of sp³-hybridized carbons (Fsp3) is 0.957. The molecule has 3 heteroatoms. The zero-order valence-electron chi connectivity index (χ0n) is 19.0. The summed E-state index contributed by atoms with van der Waals surface area (Å²) in [6.07, 6.45) is 20.2. The molecule has 0 fully saturated rings. The van der Waals surface area contributed by atoms with Gasteiger partial charge >= 0.3 is 0 Å². The standard InChI is InChI=1S/C23H47NO2/c1-4-6-7-8-9-10-11-12-13-14-15-16-17-18-19-20-23(25)24-21-22(3)26-5-2/h22H,4-21H2,1-3H3,(H,24,25)/i21D. The van der Waals surface area contributed by atoms with Gasteiger partial charge in [-0.15, -0.1) is 0 Å². The Balaban J connectivity index is 3.27. The van der Waals surface area contributed by atoms with Crippen LogP contribution in [0.5, 0.6) is 0 Å². The third kappa shape index (κ3) is 19.8. The number of unbranched alkanes of at least 4 members (excludes halogenated alkanes) is 14. The van der Waals surface area contributed by atoms with Gasteiger partial charge in [0.05, 0.1) is 7.47 Å². The van der Waals surface area contributed by atoms with Crippen LogP contribution in [-0.2, 0) is 9.53 Å². The summed E-state index contributed by atoms with van der Waals surface area (Å²) < 4.78 is 13.2. The average molecular weight is 371 g/mol. The molecular weight excluding hydrogens is 322 g/mol. The highest BCUT2D eigenvalue weighted by atomic mass is 16.5. The molecule has 0 aromatic rings. The first kappa shape index (κ1) is 23.5. The minimum atomic E-state index is -0.659. The van der Waals surface area contributed by atoms with E-state index in [1.807, 2.05) is 13.8 Å². The first-order valence-corrected chi connectivity index (χ1v) is 11.4. The van der Waals surface area contributed by atoms with E-state index in [9.17, 15) is 4.79 Å². The molecule has 3 nitrogen and oxygen atoms in total. The zero-order valence-corrected chi connectivity index (χ0v) is 18.0. The van der Waals surface area contributed by atoms with Crippen LogP contribution in [0.15, 0.2) is 0 Å². The predicted molar refractivity (Wildman–Crippen MR) is 114 cm³/mol. The third-order valence-corrected chi connectivity index (χ3v) is 4.92. The maximum absolute atomic E-state index is 11.8. The van der Waals surface area contributed by atoms with Crippen LogP contribution in [0, 0.1) is 0 Å². The largest absolute Gasteiger partial charge is 0.377 e. The molecule has 0 aliphatic carbocycles. The Bertz CT molecular complexity index is 326. The van der Waals surface area contributed by atoms with Gasteiger partial charge in [-0.3, -0.25) is 4.79 Å². The maximum atomic E-state index is 11.8. The van der Waals surface area contributed by atoms with E-state index in [0.29, 0.717) is 13.0 Å². The van der Waals surface area contributed by atoms with Crippen molar-refractivity contribution in [3.8, 4) is 0 Å². The molecule has 2 unspecified atom stereocenters. The summed E-state index contributed by atoms with van der Waals surface area (Å²) in [5.74, 6) is -0.0174. The second kappa shape index (κ2) is 20.7. The second-order valence-electron chi connectivity index (χ2n) is 7.59. The molecule has 0 saturated heterocycles. The van der Waals surface area contributed by atoms with E-state index in [2.05, 4.69) is 12.2 Å². The van der Waals surface area contributed by atoms with E-state index < -0.39 is 6.52 Å². The Kier molecular flexibility index (Phi) is 18.7. The number of carbonyl (C=O) groups excluding carboxylic acids is 1. The van der Waals surface area contributed by atoms with Gasteiger partial charge in [-0.2, -0.15) is 0 Å². The van der Waals surface area contributed by atoms with Crippen molar-refractivity contribution in [2.45, 2.75) is 130 Å². The van der Waals surface area contributed by atoms with E-state index >= 15 is 0 Å². The normalized spacial score (nSPS) is 14.0. The zero-order chi connectivity index (χ0) is 20.2. The van der Waals surface area contributed by atoms with Crippen LogP contribution in [0.25, 0.3) is 0 Å². The van der Waals surface area contributed by atoms with Gasteiger partial charge in [0, 0.05) is 19.5 Å². The van der Waals surface area contributed by atoms with Crippen LogP contribution in [-0.4, -0.2) is 25.1 Å². The molecule has 0 radical (unpaired) electrons. The summed E-state index contributed by atoms with van der Waals surface area (Å²) in [7, 11) is 0. The van der Waals surface area contributed by atoms with Crippen molar-refractivity contribution in [2.24, 2.45) is 0 Å². The van der Waals surface area contributed by atoms with Crippen LogP contribution < -0.4 is 5.32 Å². The molecular formula is C23H47NO2. The van der Waals surface area contributed by atoms with Gasteiger partial charge in [-0.05, 0) is 20.3 Å². The second-order valence-corrected chi connectivity index (χ2v) is 7.59. The first-order chi connectivity index (χ1) is 13.1. The number of hydrogen-bond acceptors (Lipinski definition) is 2. The lowest BCUT2D eigenvalue weighted by Crippen LogP contribution is -2.31. The van der Waals surface area contributed by atoms with Crippen LogP contribution in [0.1, 0.15) is 125 Å². The lowest BCUT2D eigenvalue weighted by molar-refractivity contribution is -0.121. The van der Waals surface area contributed by atoms with Gasteiger partial charge in [-0.1, -0.05) is 96.8 Å². The number of amides is 1. The number of ether oxygens (including phenoxy) is 1. The summed E-state index contributed by atoms with van der Waals surface area (Å²) in [6, 6.07) is 0. The Morgan fingerprint density at radius 3 is 1.65 bits per heavy atom. The van der Waals surface area contributed by atoms with Crippen LogP contribution in [0.2, 0.25) is 0 Å². The molecule has 0 rings (SSSR count). The Labute approximate surface area is 165 Å². The van der Waals surface area contributed by atoms with Gasteiger partial charge < -0.3 is 10.1 Å². The minimum absolute atomic E-state index is 0.0174. The topological polar surface area (TPSA) is 38.3 Å². The number of carbonyl (C=O) groups is 1. The van der Waals surface area contributed by atoms with Crippen LogP contribution in [0.3, 0.4) is 0 Å². The summed E-state index contributed by atoms with van der Waals surface area (Å²) in [4.78, 5) is 11.8. The fourth-order valence-electron chi connectivity index (χ4n) is 3.25. The first-order valence-electron chi connectivity index (χ1n) is 12.0. The molecule has 0 aromatic carbocycles. The van der Waals surface area contributed by atoms with E-state index in [0.717, 1.165) is 12.8 Å². The maximum Gasteiger partial charge on any atom is 0.220 e.